The highest BCUT2D eigenvalue weighted by Gasteiger charge is 2.18. The van der Waals surface area contributed by atoms with Crippen molar-refractivity contribution < 1.29 is 14.3 Å². The highest BCUT2D eigenvalue weighted by molar-refractivity contribution is 5.92. The van der Waals surface area contributed by atoms with E-state index in [0.29, 0.717) is 5.69 Å². The Labute approximate surface area is 92.6 Å². The van der Waals surface area contributed by atoms with Gasteiger partial charge in [-0.2, -0.15) is 0 Å². The summed E-state index contributed by atoms with van der Waals surface area (Å²) in [7, 11) is 0. The van der Waals surface area contributed by atoms with Gasteiger partial charge in [0.25, 0.3) is 0 Å². The van der Waals surface area contributed by atoms with Crippen molar-refractivity contribution in [2.45, 2.75) is 13.8 Å². The summed E-state index contributed by atoms with van der Waals surface area (Å²) in [6, 6.07) is 5.76. The van der Waals surface area contributed by atoms with E-state index in [1.54, 1.807) is 0 Å². The number of carbonyl (C=O) groups is 1. The van der Waals surface area contributed by atoms with Crippen LogP contribution in [0.3, 0.4) is 0 Å². The van der Waals surface area contributed by atoms with Crippen molar-refractivity contribution in [3.8, 4) is 11.3 Å². The molecule has 0 fully saturated rings. The zero-order chi connectivity index (χ0) is 11.7. The quantitative estimate of drug-likeness (QED) is 0.839. The van der Waals surface area contributed by atoms with Crippen LogP contribution < -0.4 is 0 Å². The minimum Gasteiger partial charge on any atom is -0.475 e. The molecule has 0 spiro atoms. The van der Waals surface area contributed by atoms with Crippen LogP contribution in [-0.2, 0) is 0 Å². The van der Waals surface area contributed by atoms with Gasteiger partial charge in [-0.15, -0.1) is 0 Å². The number of hydrogen-bond donors (Lipinski definition) is 1. The first kappa shape index (κ1) is 10.4. The SMILES string of the molecule is Cc1ccc(-c2ncoc2C(=O)O)c(C)c1. The molecule has 0 aliphatic heterocycles. The molecule has 4 heteroatoms. The lowest BCUT2D eigenvalue weighted by Gasteiger charge is -2.04. The van der Waals surface area contributed by atoms with Crippen molar-refractivity contribution >= 4 is 5.97 Å². The molecule has 2 rings (SSSR count). The largest absolute Gasteiger partial charge is 0.475 e. The molecule has 82 valence electrons. The maximum Gasteiger partial charge on any atom is 0.374 e. The van der Waals surface area contributed by atoms with E-state index in [4.69, 9.17) is 9.52 Å². The number of aryl methyl sites for hydroxylation is 2. The van der Waals surface area contributed by atoms with E-state index in [1.165, 1.54) is 0 Å². The molecule has 0 saturated carbocycles. The van der Waals surface area contributed by atoms with Crippen molar-refractivity contribution in [1.82, 2.24) is 4.98 Å². The number of oxazole rings is 1. The molecule has 0 saturated heterocycles. The summed E-state index contributed by atoms with van der Waals surface area (Å²) in [5, 5.41) is 8.93. The van der Waals surface area contributed by atoms with Crippen molar-refractivity contribution in [2.75, 3.05) is 0 Å². The first-order valence-electron chi connectivity index (χ1n) is 4.84. The van der Waals surface area contributed by atoms with Gasteiger partial charge < -0.3 is 9.52 Å². The Morgan fingerprint density at radius 1 is 1.38 bits per heavy atom. The molecule has 1 heterocycles. The summed E-state index contributed by atoms with van der Waals surface area (Å²) >= 11 is 0. The predicted octanol–water partition coefficient (Wildman–Crippen LogP) is 2.66. The summed E-state index contributed by atoms with van der Waals surface area (Å²) in [5.74, 6) is -1.22. The van der Waals surface area contributed by atoms with E-state index < -0.39 is 5.97 Å². The second-order valence-corrected chi connectivity index (χ2v) is 3.65. The predicted molar refractivity (Wildman–Crippen MR) is 58.4 cm³/mol. The molecule has 1 N–H and O–H groups in total. The fraction of sp³-hybridized carbons (Fsp3) is 0.167. The lowest BCUT2D eigenvalue weighted by molar-refractivity contribution is 0.0663. The van der Waals surface area contributed by atoms with Crippen molar-refractivity contribution in [2.24, 2.45) is 0 Å². The number of carboxylic acids is 1. The third-order valence-corrected chi connectivity index (χ3v) is 2.40. The summed E-state index contributed by atoms with van der Waals surface area (Å²) in [6.45, 7) is 3.90. The van der Waals surface area contributed by atoms with Crippen molar-refractivity contribution in [3.63, 3.8) is 0 Å². The van der Waals surface area contributed by atoms with Crippen molar-refractivity contribution in [3.05, 3.63) is 41.5 Å². The van der Waals surface area contributed by atoms with Gasteiger partial charge in [0.05, 0.1) is 0 Å². The van der Waals surface area contributed by atoms with E-state index >= 15 is 0 Å². The molecule has 1 aromatic heterocycles. The van der Waals surface area contributed by atoms with Gasteiger partial charge in [-0.05, 0) is 19.4 Å². The highest BCUT2D eigenvalue weighted by Crippen LogP contribution is 2.26. The Kier molecular flexibility index (Phi) is 2.48. The van der Waals surface area contributed by atoms with Gasteiger partial charge in [0.2, 0.25) is 5.76 Å². The molecule has 0 aliphatic rings. The fourth-order valence-corrected chi connectivity index (χ4v) is 1.67. The van der Waals surface area contributed by atoms with Gasteiger partial charge in [-0.1, -0.05) is 23.8 Å². The first-order valence-corrected chi connectivity index (χ1v) is 4.84. The molecule has 0 aliphatic carbocycles. The van der Waals surface area contributed by atoms with E-state index in [9.17, 15) is 4.79 Å². The number of rotatable bonds is 2. The molecule has 4 nitrogen and oxygen atoms in total. The molecular weight excluding hydrogens is 206 g/mol. The fourth-order valence-electron chi connectivity index (χ4n) is 1.67. The smallest absolute Gasteiger partial charge is 0.374 e. The van der Waals surface area contributed by atoms with Crippen LogP contribution in [0.15, 0.2) is 29.0 Å². The number of carboxylic acid groups (broad SMARTS) is 1. The summed E-state index contributed by atoms with van der Waals surface area (Å²) in [6.07, 6.45) is 1.15. The molecule has 2 aromatic rings. The lowest BCUT2D eigenvalue weighted by Crippen LogP contribution is -1.97. The Balaban J connectivity index is 2.59. The van der Waals surface area contributed by atoms with E-state index in [1.807, 2.05) is 32.0 Å². The zero-order valence-corrected chi connectivity index (χ0v) is 9.02. The van der Waals surface area contributed by atoms with Gasteiger partial charge in [-0.25, -0.2) is 9.78 Å². The maximum atomic E-state index is 10.9. The first-order chi connectivity index (χ1) is 7.59. The monoisotopic (exact) mass is 217 g/mol. The van der Waals surface area contributed by atoms with Crippen molar-refractivity contribution in [1.29, 1.82) is 0 Å². The molecule has 0 radical (unpaired) electrons. The van der Waals surface area contributed by atoms with Crippen LogP contribution in [0, 0.1) is 13.8 Å². The minimum atomic E-state index is -1.10. The van der Waals surface area contributed by atoms with Crippen LogP contribution in [0.1, 0.15) is 21.7 Å². The molecule has 0 atom stereocenters. The number of aromatic carboxylic acids is 1. The second-order valence-electron chi connectivity index (χ2n) is 3.65. The Bertz CT molecular complexity index is 543. The molecule has 0 bridgehead atoms. The van der Waals surface area contributed by atoms with Crippen LogP contribution in [-0.4, -0.2) is 16.1 Å². The molecule has 0 amide bonds. The molecule has 16 heavy (non-hydrogen) atoms. The van der Waals surface area contributed by atoms with Gasteiger partial charge in [-0.3, -0.25) is 0 Å². The lowest BCUT2D eigenvalue weighted by atomic mass is 10.0. The Hall–Kier alpha value is -2.10. The average Bonchev–Trinajstić information content (AvgIpc) is 2.66. The number of hydrogen-bond acceptors (Lipinski definition) is 3. The van der Waals surface area contributed by atoms with Crippen LogP contribution in [0.25, 0.3) is 11.3 Å². The zero-order valence-electron chi connectivity index (χ0n) is 9.02. The number of nitrogens with zero attached hydrogens (tertiary/aromatic N) is 1. The standard InChI is InChI=1S/C12H11NO3/c1-7-3-4-9(8(2)5-7)10-11(12(14)15)16-6-13-10/h3-6H,1-2H3,(H,14,15). The van der Waals surface area contributed by atoms with Crippen LogP contribution in [0.4, 0.5) is 0 Å². The van der Waals surface area contributed by atoms with E-state index in [2.05, 4.69) is 4.98 Å². The topological polar surface area (TPSA) is 63.3 Å². The summed E-state index contributed by atoms with van der Waals surface area (Å²) in [5.41, 5.74) is 3.28. The average molecular weight is 217 g/mol. The molecule has 0 unspecified atom stereocenters. The second kappa shape index (κ2) is 3.81. The van der Waals surface area contributed by atoms with Crippen LogP contribution >= 0.6 is 0 Å². The number of benzene rings is 1. The van der Waals surface area contributed by atoms with Crippen LogP contribution in [0.5, 0.6) is 0 Å². The maximum absolute atomic E-state index is 10.9. The summed E-state index contributed by atoms with van der Waals surface area (Å²) < 4.78 is 4.86. The van der Waals surface area contributed by atoms with E-state index in [-0.39, 0.29) is 5.76 Å². The Morgan fingerprint density at radius 2 is 2.12 bits per heavy atom. The summed E-state index contributed by atoms with van der Waals surface area (Å²) in [4.78, 5) is 14.9. The number of aromatic nitrogens is 1. The molecular formula is C12H11NO3. The van der Waals surface area contributed by atoms with E-state index in [0.717, 1.165) is 23.1 Å². The van der Waals surface area contributed by atoms with Gasteiger partial charge in [0, 0.05) is 5.56 Å². The van der Waals surface area contributed by atoms with Gasteiger partial charge >= 0.3 is 5.97 Å². The van der Waals surface area contributed by atoms with Gasteiger partial charge in [0.1, 0.15) is 5.69 Å². The minimum absolute atomic E-state index is 0.119. The third-order valence-electron chi connectivity index (χ3n) is 2.40. The Morgan fingerprint density at radius 3 is 2.75 bits per heavy atom. The van der Waals surface area contributed by atoms with Gasteiger partial charge in [0.15, 0.2) is 6.39 Å². The van der Waals surface area contributed by atoms with Crippen LogP contribution in [0.2, 0.25) is 0 Å². The normalized spacial score (nSPS) is 10.4. The molecule has 1 aromatic carbocycles. The third kappa shape index (κ3) is 1.69. The highest BCUT2D eigenvalue weighted by atomic mass is 16.4.